The Bertz CT molecular complexity index is 523. The van der Waals surface area contributed by atoms with Crippen molar-refractivity contribution in [1.82, 2.24) is 10.2 Å². The van der Waals surface area contributed by atoms with E-state index < -0.39 is 6.04 Å². The minimum absolute atomic E-state index is 0.120. The Labute approximate surface area is 130 Å². The summed E-state index contributed by atoms with van der Waals surface area (Å²) in [4.78, 5) is 25.6. The number of hydrogen-bond donors (Lipinski definition) is 2. The maximum atomic E-state index is 12.8. The highest BCUT2D eigenvalue weighted by Gasteiger charge is 2.22. The van der Waals surface area contributed by atoms with Crippen molar-refractivity contribution < 1.29 is 14.0 Å². The van der Waals surface area contributed by atoms with Gasteiger partial charge in [0.2, 0.25) is 11.8 Å². The van der Waals surface area contributed by atoms with Gasteiger partial charge in [-0.25, -0.2) is 4.39 Å². The summed E-state index contributed by atoms with van der Waals surface area (Å²) in [5.41, 5.74) is 0.211. The highest BCUT2D eigenvalue weighted by atomic mass is 19.1. The summed E-state index contributed by atoms with van der Waals surface area (Å²) in [7, 11) is 1.71. The van der Waals surface area contributed by atoms with Gasteiger partial charge >= 0.3 is 0 Å². The second-order valence-electron chi connectivity index (χ2n) is 6.39. The zero-order valence-electron chi connectivity index (χ0n) is 13.7. The Hall–Kier alpha value is -1.95. The fourth-order valence-corrected chi connectivity index (χ4v) is 1.80. The van der Waals surface area contributed by atoms with Gasteiger partial charge in [0.15, 0.2) is 0 Å². The van der Waals surface area contributed by atoms with Crippen molar-refractivity contribution >= 4 is 17.5 Å². The number of nitrogens with zero attached hydrogens (tertiary/aromatic N) is 1. The second-order valence-corrected chi connectivity index (χ2v) is 6.39. The molecule has 0 bridgehead atoms. The first-order valence-corrected chi connectivity index (χ1v) is 7.16. The van der Waals surface area contributed by atoms with Gasteiger partial charge in [-0.1, -0.05) is 0 Å². The predicted octanol–water partition coefficient (Wildman–Crippen LogP) is 2.00. The molecule has 0 aliphatic carbocycles. The maximum Gasteiger partial charge on any atom is 0.241 e. The average Bonchev–Trinajstić information content (AvgIpc) is 2.38. The van der Waals surface area contributed by atoms with E-state index in [1.807, 2.05) is 20.8 Å². The molecular weight excluding hydrogens is 285 g/mol. The van der Waals surface area contributed by atoms with E-state index >= 15 is 0 Å². The first kappa shape index (κ1) is 18.1. The number of nitrogens with one attached hydrogen (secondary N) is 2. The van der Waals surface area contributed by atoms with Crippen molar-refractivity contribution in [2.45, 2.75) is 39.3 Å². The normalized spacial score (nSPS) is 12.9. The predicted molar refractivity (Wildman–Crippen MR) is 85.0 cm³/mol. The number of benzene rings is 1. The first-order chi connectivity index (χ1) is 10.1. The van der Waals surface area contributed by atoms with E-state index in [9.17, 15) is 14.0 Å². The molecule has 5 nitrogen and oxygen atoms in total. The molecule has 0 fully saturated rings. The molecule has 0 radical (unpaired) electrons. The van der Waals surface area contributed by atoms with Crippen LogP contribution < -0.4 is 10.6 Å². The van der Waals surface area contributed by atoms with Gasteiger partial charge < -0.3 is 10.6 Å². The molecule has 22 heavy (non-hydrogen) atoms. The largest absolute Gasteiger partial charge is 0.350 e. The molecular formula is C16H24FN3O2. The van der Waals surface area contributed by atoms with Crippen LogP contribution >= 0.6 is 0 Å². The van der Waals surface area contributed by atoms with Crippen LogP contribution in [0.4, 0.5) is 10.1 Å². The van der Waals surface area contributed by atoms with Crippen molar-refractivity contribution in [2.24, 2.45) is 0 Å². The summed E-state index contributed by atoms with van der Waals surface area (Å²) in [5.74, 6) is -0.754. The lowest BCUT2D eigenvalue weighted by molar-refractivity contribution is -0.125. The van der Waals surface area contributed by atoms with Crippen LogP contribution in [0.2, 0.25) is 0 Å². The van der Waals surface area contributed by atoms with Crippen LogP contribution in [-0.2, 0) is 9.59 Å². The zero-order valence-corrected chi connectivity index (χ0v) is 13.7. The number of carbonyl (C=O) groups is 2. The van der Waals surface area contributed by atoms with E-state index in [1.54, 1.807) is 18.9 Å². The third kappa shape index (κ3) is 6.22. The van der Waals surface area contributed by atoms with Gasteiger partial charge in [0.1, 0.15) is 5.82 Å². The van der Waals surface area contributed by atoms with Gasteiger partial charge in [-0.15, -0.1) is 0 Å². The number of hydrogen-bond acceptors (Lipinski definition) is 3. The molecule has 1 atom stereocenters. The summed E-state index contributed by atoms with van der Waals surface area (Å²) < 4.78 is 12.8. The smallest absolute Gasteiger partial charge is 0.241 e. The van der Waals surface area contributed by atoms with E-state index in [-0.39, 0.29) is 29.7 Å². The molecule has 0 saturated carbocycles. The van der Waals surface area contributed by atoms with Gasteiger partial charge in [-0.2, -0.15) is 0 Å². The Kier molecular flexibility index (Phi) is 6.05. The van der Waals surface area contributed by atoms with E-state index in [1.165, 1.54) is 24.3 Å². The molecule has 0 heterocycles. The standard InChI is InChI=1S/C16H24FN3O2/c1-11(20(5)10-14(21)19-16(2,3)4)15(22)18-13-8-6-12(17)7-9-13/h6-9,11H,10H2,1-5H3,(H,18,22)(H,19,21)/t11-/m0/s1. The molecule has 1 rings (SSSR count). The summed E-state index contributed by atoms with van der Waals surface area (Å²) in [6.45, 7) is 7.53. The number of halogens is 1. The fraction of sp³-hybridized carbons (Fsp3) is 0.500. The number of likely N-dealkylation sites (N-methyl/N-ethyl adjacent to an activating group) is 1. The lowest BCUT2D eigenvalue weighted by atomic mass is 10.1. The van der Waals surface area contributed by atoms with Crippen LogP contribution in [0.5, 0.6) is 0 Å². The molecule has 2 N–H and O–H groups in total. The minimum atomic E-state index is -0.490. The second kappa shape index (κ2) is 7.35. The summed E-state index contributed by atoms with van der Waals surface area (Å²) >= 11 is 0. The van der Waals surface area contributed by atoms with Crippen LogP contribution in [0, 0.1) is 5.82 Å². The van der Waals surface area contributed by atoms with Crippen LogP contribution in [0.25, 0.3) is 0 Å². The summed E-state index contributed by atoms with van der Waals surface area (Å²) in [6.07, 6.45) is 0. The summed E-state index contributed by atoms with van der Waals surface area (Å²) in [5, 5.41) is 5.54. The molecule has 122 valence electrons. The van der Waals surface area contributed by atoms with E-state index in [2.05, 4.69) is 10.6 Å². The monoisotopic (exact) mass is 309 g/mol. The average molecular weight is 309 g/mol. The molecule has 1 aromatic rings. The van der Waals surface area contributed by atoms with Gasteiger partial charge in [-0.3, -0.25) is 14.5 Å². The molecule has 6 heteroatoms. The number of carbonyl (C=O) groups excluding carboxylic acids is 2. The number of rotatable bonds is 5. The first-order valence-electron chi connectivity index (χ1n) is 7.16. The summed E-state index contributed by atoms with van der Waals surface area (Å²) in [6, 6.07) is 5.05. The van der Waals surface area contributed by atoms with Gasteiger partial charge in [0.25, 0.3) is 0 Å². The molecule has 0 aliphatic rings. The topological polar surface area (TPSA) is 61.4 Å². The molecule has 1 aromatic carbocycles. The van der Waals surface area contributed by atoms with Crippen molar-refractivity contribution in [3.8, 4) is 0 Å². The zero-order chi connectivity index (χ0) is 16.9. The van der Waals surface area contributed by atoms with E-state index in [4.69, 9.17) is 0 Å². The van der Waals surface area contributed by atoms with Crippen LogP contribution in [-0.4, -0.2) is 41.9 Å². The van der Waals surface area contributed by atoms with E-state index in [0.29, 0.717) is 5.69 Å². The van der Waals surface area contributed by atoms with Gasteiger partial charge in [0.05, 0.1) is 12.6 Å². The van der Waals surface area contributed by atoms with Gasteiger partial charge in [0, 0.05) is 11.2 Å². The van der Waals surface area contributed by atoms with Crippen molar-refractivity contribution in [3.63, 3.8) is 0 Å². The van der Waals surface area contributed by atoms with Crippen LogP contribution in [0.1, 0.15) is 27.7 Å². The molecule has 0 unspecified atom stereocenters. The molecule has 0 aromatic heterocycles. The Balaban J connectivity index is 2.54. The van der Waals surface area contributed by atoms with Crippen LogP contribution in [0.15, 0.2) is 24.3 Å². The third-order valence-electron chi connectivity index (χ3n) is 3.06. The minimum Gasteiger partial charge on any atom is -0.350 e. The fourth-order valence-electron chi connectivity index (χ4n) is 1.80. The SMILES string of the molecule is C[C@@H](C(=O)Nc1ccc(F)cc1)N(C)CC(=O)NC(C)(C)C. The Morgan fingerprint density at radius 2 is 1.77 bits per heavy atom. The highest BCUT2D eigenvalue weighted by molar-refractivity contribution is 5.94. The molecule has 0 saturated heterocycles. The van der Waals surface area contributed by atoms with E-state index in [0.717, 1.165) is 0 Å². The maximum absolute atomic E-state index is 12.8. The van der Waals surface area contributed by atoms with Crippen molar-refractivity contribution in [1.29, 1.82) is 0 Å². The van der Waals surface area contributed by atoms with Crippen LogP contribution in [0.3, 0.4) is 0 Å². The molecule has 0 spiro atoms. The number of anilines is 1. The highest BCUT2D eigenvalue weighted by Crippen LogP contribution is 2.09. The quantitative estimate of drug-likeness (QED) is 0.874. The Morgan fingerprint density at radius 3 is 2.27 bits per heavy atom. The third-order valence-corrected chi connectivity index (χ3v) is 3.06. The lowest BCUT2D eigenvalue weighted by Gasteiger charge is -2.26. The Morgan fingerprint density at radius 1 is 1.23 bits per heavy atom. The lowest BCUT2D eigenvalue weighted by Crippen LogP contribution is -2.49. The molecule has 2 amide bonds. The molecule has 0 aliphatic heterocycles. The van der Waals surface area contributed by atoms with Crippen molar-refractivity contribution in [2.75, 3.05) is 18.9 Å². The van der Waals surface area contributed by atoms with Crippen molar-refractivity contribution in [3.05, 3.63) is 30.1 Å². The number of amides is 2. The van der Waals surface area contributed by atoms with Gasteiger partial charge in [-0.05, 0) is 59.0 Å².